The summed E-state index contributed by atoms with van der Waals surface area (Å²) < 4.78 is 22.1. The predicted molar refractivity (Wildman–Crippen MR) is 68.6 cm³/mol. The Morgan fingerprint density at radius 3 is 2.82 bits per heavy atom. The smallest absolute Gasteiger partial charge is 0.147 e. The Kier molecular flexibility index (Phi) is 5.64. The van der Waals surface area contributed by atoms with Crippen molar-refractivity contribution in [3.8, 4) is 0 Å². The Balaban J connectivity index is 2.47. The number of hydrogen-bond acceptors (Lipinski definition) is 4. The summed E-state index contributed by atoms with van der Waals surface area (Å²) in [5, 5.41) is 3.37. The molecule has 1 aromatic heterocycles. The fourth-order valence-corrected chi connectivity index (χ4v) is 2.36. The quantitative estimate of drug-likeness (QED) is 0.737. The van der Waals surface area contributed by atoms with Crippen molar-refractivity contribution in [2.45, 2.75) is 32.2 Å². The molecule has 0 aliphatic heterocycles. The number of H-pyrrole nitrogens is 1. The summed E-state index contributed by atoms with van der Waals surface area (Å²) in [5.41, 5.74) is 0. The normalized spacial score (nSPS) is 13.8. The van der Waals surface area contributed by atoms with Crippen LogP contribution in [0.15, 0.2) is 12.4 Å². The monoisotopic (exact) mass is 259 g/mol. The molecule has 1 unspecified atom stereocenters. The van der Waals surface area contributed by atoms with Crippen molar-refractivity contribution in [1.82, 2.24) is 15.3 Å². The van der Waals surface area contributed by atoms with Crippen LogP contribution in [0.1, 0.15) is 38.1 Å². The lowest BCUT2D eigenvalue weighted by Crippen LogP contribution is -2.23. The third-order valence-electron chi connectivity index (χ3n) is 2.50. The third-order valence-corrected chi connectivity index (χ3v) is 3.53. The first kappa shape index (κ1) is 14.2. The molecule has 0 spiro atoms. The van der Waals surface area contributed by atoms with Crippen LogP contribution in [-0.2, 0) is 9.84 Å². The minimum atomic E-state index is -2.87. The van der Waals surface area contributed by atoms with Gasteiger partial charge in [0.25, 0.3) is 0 Å². The maximum Gasteiger partial charge on any atom is 0.147 e. The molecular weight excluding hydrogens is 238 g/mol. The third kappa shape index (κ3) is 5.83. The Labute approximate surface area is 103 Å². The van der Waals surface area contributed by atoms with Gasteiger partial charge in [0, 0.05) is 24.4 Å². The summed E-state index contributed by atoms with van der Waals surface area (Å²) in [6.45, 7) is 3.01. The molecule has 98 valence electrons. The van der Waals surface area contributed by atoms with Gasteiger partial charge < -0.3 is 10.3 Å². The van der Waals surface area contributed by atoms with Crippen LogP contribution in [-0.4, -0.2) is 36.9 Å². The fourth-order valence-electron chi connectivity index (χ4n) is 1.67. The van der Waals surface area contributed by atoms with Crippen molar-refractivity contribution >= 4 is 9.84 Å². The predicted octanol–water partition coefficient (Wildman–Crippen LogP) is 1.28. The van der Waals surface area contributed by atoms with Gasteiger partial charge in [-0.05, 0) is 25.8 Å². The topological polar surface area (TPSA) is 74.8 Å². The largest absolute Gasteiger partial charge is 0.347 e. The van der Waals surface area contributed by atoms with Gasteiger partial charge in [0.05, 0.1) is 6.04 Å². The first-order valence-corrected chi connectivity index (χ1v) is 7.99. The zero-order valence-electron chi connectivity index (χ0n) is 10.4. The molecule has 2 N–H and O–H groups in total. The minimum Gasteiger partial charge on any atom is -0.347 e. The summed E-state index contributed by atoms with van der Waals surface area (Å²) in [6, 6.07) is 0.117. The van der Waals surface area contributed by atoms with Crippen LogP contribution in [0.25, 0.3) is 0 Å². The van der Waals surface area contributed by atoms with Gasteiger partial charge in [-0.15, -0.1) is 0 Å². The Hall–Kier alpha value is -0.880. The number of hydrogen-bond donors (Lipinski definition) is 2. The fraction of sp³-hybridized carbons (Fsp3) is 0.727. The van der Waals surface area contributed by atoms with E-state index in [1.807, 2.05) is 0 Å². The van der Waals surface area contributed by atoms with Gasteiger partial charge in [-0.3, -0.25) is 0 Å². The maximum atomic E-state index is 11.1. The van der Waals surface area contributed by atoms with Crippen LogP contribution in [0.5, 0.6) is 0 Å². The molecule has 0 saturated carbocycles. The molecule has 0 aliphatic carbocycles. The van der Waals surface area contributed by atoms with Crippen molar-refractivity contribution in [1.29, 1.82) is 0 Å². The number of aromatic nitrogens is 2. The van der Waals surface area contributed by atoms with Gasteiger partial charge in [-0.2, -0.15) is 0 Å². The SMILES string of the molecule is CCCNC(CCCS(C)(=O)=O)c1ncc[nH]1. The number of nitrogens with one attached hydrogen (secondary N) is 2. The lowest BCUT2D eigenvalue weighted by molar-refractivity contribution is 0.474. The maximum absolute atomic E-state index is 11.1. The molecule has 1 heterocycles. The molecule has 0 saturated heterocycles. The van der Waals surface area contributed by atoms with Gasteiger partial charge >= 0.3 is 0 Å². The lowest BCUT2D eigenvalue weighted by atomic mass is 10.1. The van der Waals surface area contributed by atoms with Crippen LogP contribution in [0, 0.1) is 0 Å². The molecule has 0 fully saturated rings. The van der Waals surface area contributed by atoms with Crippen molar-refractivity contribution in [3.05, 3.63) is 18.2 Å². The Morgan fingerprint density at radius 2 is 2.29 bits per heavy atom. The van der Waals surface area contributed by atoms with E-state index in [1.165, 1.54) is 6.26 Å². The van der Waals surface area contributed by atoms with Gasteiger partial charge in [0.15, 0.2) is 0 Å². The van der Waals surface area contributed by atoms with E-state index in [0.717, 1.165) is 25.2 Å². The second-order valence-corrected chi connectivity index (χ2v) is 6.51. The molecule has 0 amide bonds. The second-order valence-electron chi connectivity index (χ2n) is 4.25. The number of sulfone groups is 1. The number of imidazole rings is 1. The highest BCUT2D eigenvalue weighted by Gasteiger charge is 2.13. The zero-order valence-corrected chi connectivity index (χ0v) is 11.3. The molecule has 1 atom stereocenters. The summed E-state index contributed by atoms with van der Waals surface area (Å²) >= 11 is 0. The average molecular weight is 259 g/mol. The second kappa shape index (κ2) is 6.76. The van der Waals surface area contributed by atoms with E-state index in [9.17, 15) is 8.42 Å². The first-order valence-electron chi connectivity index (χ1n) is 5.93. The highest BCUT2D eigenvalue weighted by Crippen LogP contribution is 2.14. The molecule has 6 heteroatoms. The molecule has 5 nitrogen and oxygen atoms in total. The summed E-state index contributed by atoms with van der Waals surface area (Å²) in [4.78, 5) is 7.29. The van der Waals surface area contributed by atoms with Crippen molar-refractivity contribution in [2.75, 3.05) is 18.6 Å². The lowest BCUT2D eigenvalue weighted by Gasteiger charge is -2.15. The number of nitrogens with zero attached hydrogens (tertiary/aromatic N) is 1. The van der Waals surface area contributed by atoms with E-state index < -0.39 is 9.84 Å². The van der Waals surface area contributed by atoms with E-state index in [0.29, 0.717) is 6.42 Å². The van der Waals surface area contributed by atoms with E-state index in [2.05, 4.69) is 22.2 Å². The summed E-state index contributed by atoms with van der Waals surface area (Å²) in [7, 11) is -2.87. The summed E-state index contributed by atoms with van der Waals surface area (Å²) in [6.07, 6.45) is 7.25. The van der Waals surface area contributed by atoms with E-state index in [1.54, 1.807) is 12.4 Å². The van der Waals surface area contributed by atoms with Crippen molar-refractivity contribution < 1.29 is 8.42 Å². The summed E-state index contributed by atoms with van der Waals surface area (Å²) in [5.74, 6) is 1.12. The molecule has 0 aliphatic rings. The van der Waals surface area contributed by atoms with E-state index in [4.69, 9.17) is 0 Å². The van der Waals surface area contributed by atoms with Gasteiger partial charge in [-0.25, -0.2) is 13.4 Å². The number of rotatable bonds is 8. The highest BCUT2D eigenvalue weighted by atomic mass is 32.2. The Morgan fingerprint density at radius 1 is 1.53 bits per heavy atom. The van der Waals surface area contributed by atoms with Crippen LogP contribution in [0.2, 0.25) is 0 Å². The van der Waals surface area contributed by atoms with Crippen molar-refractivity contribution in [3.63, 3.8) is 0 Å². The molecule has 1 aromatic rings. The first-order chi connectivity index (χ1) is 8.03. The van der Waals surface area contributed by atoms with Crippen LogP contribution < -0.4 is 5.32 Å². The average Bonchev–Trinajstić information content (AvgIpc) is 2.74. The molecule has 17 heavy (non-hydrogen) atoms. The molecule has 0 radical (unpaired) electrons. The highest BCUT2D eigenvalue weighted by molar-refractivity contribution is 7.90. The van der Waals surface area contributed by atoms with E-state index in [-0.39, 0.29) is 11.8 Å². The van der Waals surface area contributed by atoms with Crippen LogP contribution in [0.3, 0.4) is 0 Å². The Bertz CT molecular complexity index is 400. The van der Waals surface area contributed by atoms with Gasteiger partial charge in [-0.1, -0.05) is 6.92 Å². The zero-order chi connectivity index (χ0) is 12.7. The van der Waals surface area contributed by atoms with Gasteiger partial charge in [0.2, 0.25) is 0 Å². The van der Waals surface area contributed by atoms with E-state index >= 15 is 0 Å². The molecule has 0 aromatic carbocycles. The van der Waals surface area contributed by atoms with Crippen LogP contribution >= 0.6 is 0 Å². The standard InChI is InChI=1S/C11H21N3O2S/c1-3-6-12-10(11-13-7-8-14-11)5-4-9-17(2,15)16/h7-8,10,12H,3-6,9H2,1-2H3,(H,13,14). The van der Waals surface area contributed by atoms with Gasteiger partial charge in [0.1, 0.15) is 15.7 Å². The number of aromatic amines is 1. The minimum absolute atomic E-state index is 0.117. The van der Waals surface area contributed by atoms with Crippen molar-refractivity contribution in [2.24, 2.45) is 0 Å². The molecular formula is C11H21N3O2S. The van der Waals surface area contributed by atoms with Crippen LogP contribution in [0.4, 0.5) is 0 Å². The molecule has 1 rings (SSSR count). The molecule has 0 bridgehead atoms.